The van der Waals surface area contributed by atoms with Crippen molar-refractivity contribution in [2.45, 2.75) is 44.1 Å². The molecule has 0 atom stereocenters. The van der Waals surface area contributed by atoms with Gasteiger partial charge in [0.15, 0.2) is 0 Å². The van der Waals surface area contributed by atoms with Crippen LogP contribution in [0.25, 0.3) is 0 Å². The Morgan fingerprint density at radius 1 is 1.00 bits per heavy atom. The largest absolute Gasteiger partial charge is 0.381 e. The molecule has 3 heteroatoms. The SMILES string of the molecule is Brc1ccc2c(c1)NC1(CCCCCC1)CN2. The van der Waals surface area contributed by atoms with E-state index in [1.807, 2.05) is 0 Å². The molecule has 1 aromatic rings. The second-order valence-electron chi connectivity index (χ2n) is 5.36. The van der Waals surface area contributed by atoms with E-state index in [-0.39, 0.29) is 0 Å². The third-order valence-corrected chi connectivity index (χ3v) is 4.55. The third-order valence-electron chi connectivity index (χ3n) is 4.06. The zero-order valence-electron chi connectivity index (χ0n) is 10.1. The number of nitrogens with one attached hydrogen (secondary N) is 2. The first-order valence-electron chi connectivity index (χ1n) is 6.59. The summed E-state index contributed by atoms with van der Waals surface area (Å²) in [7, 11) is 0. The van der Waals surface area contributed by atoms with Crippen LogP contribution in [0.4, 0.5) is 11.4 Å². The van der Waals surface area contributed by atoms with Crippen molar-refractivity contribution in [2.75, 3.05) is 17.2 Å². The molecule has 0 aromatic heterocycles. The molecule has 2 nitrogen and oxygen atoms in total. The Labute approximate surface area is 111 Å². The molecule has 1 saturated carbocycles. The van der Waals surface area contributed by atoms with E-state index in [9.17, 15) is 0 Å². The lowest BCUT2D eigenvalue weighted by atomic mass is 9.88. The van der Waals surface area contributed by atoms with Gasteiger partial charge in [0.2, 0.25) is 0 Å². The molecule has 92 valence electrons. The zero-order valence-corrected chi connectivity index (χ0v) is 11.6. The van der Waals surface area contributed by atoms with Gasteiger partial charge in [-0.1, -0.05) is 41.6 Å². The fourth-order valence-corrected chi connectivity index (χ4v) is 3.44. The van der Waals surface area contributed by atoms with Gasteiger partial charge >= 0.3 is 0 Å². The minimum atomic E-state index is 0.296. The molecule has 0 amide bonds. The molecule has 1 aromatic carbocycles. The van der Waals surface area contributed by atoms with Crippen LogP contribution in [0.2, 0.25) is 0 Å². The molecule has 2 aliphatic rings. The molecular formula is C14H19BrN2. The Balaban J connectivity index is 1.87. The van der Waals surface area contributed by atoms with Crippen LogP contribution in [0.15, 0.2) is 22.7 Å². The molecule has 1 heterocycles. The van der Waals surface area contributed by atoms with Crippen molar-refractivity contribution >= 4 is 27.3 Å². The first-order valence-corrected chi connectivity index (χ1v) is 7.38. The highest BCUT2D eigenvalue weighted by atomic mass is 79.9. The lowest BCUT2D eigenvalue weighted by molar-refractivity contribution is 0.423. The Morgan fingerprint density at radius 2 is 1.76 bits per heavy atom. The zero-order chi connectivity index (χ0) is 11.7. The van der Waals surface area contributed by atoms with Crippen LogP contribution in [0.3, 0.4) is 0 Å². The lowest BCUT2D eigenvalue weighted by Crippen LogP contribution is -2.47. The molecule has 2 N–H and O–H groups in total. The molecule has 0 unspecified atom stereocenters. The topological polar surface area (TPSA) is 24.1 Å². The molecule has 3 rings (SSSR count). The van der Waals surface area contributed by atoms with Gasteiger partial charge in [0.1, 0.15) is 0 Å². The normalized spacial score (nSPS) is 22.2. The molecular weight excluding hydrogens is 276 g/mol. The van der Waals surface area contributed by atoms with E-state index in [4.69, 9.17) is 0 Å². The van der Waals surface area contributed by atoms with E-state index in [0.29, 0.717) is 5.54 Å². The van der Waals surface area contributed by atoms with Crippen LogP contribution >= 0.6 is 15.9 Å². The molecule has 1 spiro atoms. The van der Waals surface area contributed by atoms with Crippen molar-refractivity contribution in [1.82, 2.24) is 0 Å². The summed E-state index contributed by atoms with van der Waals surface area (Å²) in [4.78, 5) is 0. The Kier molecular flexibility index (Phi) is 3.03. The van der Waals surface area contributed by atoms with E-state index in [1.54, 1.807) is 0 Å². The maximum absolute atomic E-state index is 3.80. The fourth-order valence-electron chi connectivity index (χ4n) is 3.08. The number of halogens is 1. The second kappa shape index (κ2) is 4.52. The summed E-state index contributed by atoms with van der Waals surface area (Å²) in [5, 5.41) is 7.40. The van der Waals surface area contributed by atoms with E-state index < -0.39 is 0 Å². The second-order valence-corrected chi connectivity index (χ2v) is 6.28. The van der Waals surface area contributed by atoms with Gasteiger partial charge in [-0.15, -0.1) is 0 Å². The molecule has 0 radical (unpaired) electrons. The van der Waals surface area contributed by atoms with Crippen molar-refractivity contribution < 1.29 is 0 Å². The average molecular weight is 295 g/mol. The van der Waals surface area contributed by atoms with Crippen molar-refractivity contribution in [3.05, 3.63) is 22.7 Å². The van der Waals surface area contributed by atoms with Crippen LogP contribution in [0.1, 0.15) is 38.5 Å². The highest BCUT2D eigenvalue weighted by Gasteiger charge is 2.34. The summed E-state index contributed by atoms with van der Waals surface area (Å²) >= 11 is 3.55. The fraction of sp³-hybridized carbons (Fsp3) is 0.571. The van der Waals surface area contributed by atoms with E-state index >= 15 is 0 Å². The number of anilines is 2. The van der Waals surface area contributed by atoms with E-state index in [2.05, 4.69) is 44.8 Å². The van der Waals surface area contributed by atoms with Crippen LogP contribution in [-0.2, 0) is 0 Å². The number of fused-ring (bicyclic) bond motifs is 1. The van der Waals surface area contributed by atoms with Crippen LogP contribution in [-0.4, -0.2) is 12.1 Å². The molecule has 1 fully saturated rings. The first kappa shape index (κ1) is 11.4. The van der Waals surface area contributed by atoms with Gasteiger partial charge in [-0.25, -0.2) is 0 Å². The van der Waals surface area contributed by atoms with Crippen molar-refractivity contribution in [3.8, 4) is 0 Å². The monoisotopic (exact) mass is 294 g/mol. The van der Waals surface area contributed by atoms with Crippen LogP contribution in [0, 0.1) is 0 Å². The quantitative estimate of drug-likeness (QED) is 0.742. The highest BCUT2D eigenvalue weighted by Crippen LogP contribution is 2.38. The summed E-state index contributed by atoms with van der Waals surface area (Å²) < 4.78 is 1.15. The summed E-state index contributed by atoms with van der Waals surface area (Å²) in [5.74, 6) is 0. The average Bonchev–Trinajstić information content (AvgIpc) is 2.54. The molecule has 17 heavy (non-hydrogen) atoms. The van der Waals surface area contributed by atoms with Crippen molar-refractivity contribution in [1.29, 1.82) is 0 Å². The van der Waals surface area contributed by atoms with Gasteiger partial charge in [0.05, 0.1) is 16.9 Å². The summed E-state index contributed by atoms with van der Waals surface area (Å²) in [6.07, 6.45) is 8.11. The minimum absolute atomic E-state index is 0.296. The maximum Gasteiger partial charge on any atom is 0.0592 e. The molecule has 1 aliphatic carbocycles. The van der Waals surface area contributed by atoms with Crippen LogP contribution in [0.5, 0.6) is 0 Å². The number of hydrogen-bond acceptors (Lipinski definition) is 2. The molecule has 0 bridgehead atoms. The predicted octanol–water partition coefficient (Wildman–Crippen LogP) is 4.38. The van der Waals surface area contributed by atoms with Gasteiger partial charge in [0.25, 0.3) is 0 Å². The Morgan fingerprint density at radius 3 is 2.53 bits per heavy atom. The summed E-state index contributed by atoms with van der Waals surface area (Å²) in [6, 6.07) is 6.43. The Bertz CT molecular complexity index is 409. The third kappa shape index (κ3) is 2.30. The Hall–Kier alpha value is -0.700. The van der Waals surface area contributed by atoms with E-state index in [1.165, 1.54) is 49.9 Å². The molecule has 1 aliphatic heterocycles. The van der Waals surface area contributed by atoms with Crippen LogP contribution < -0.4 is 10.6 Å². The van der Waals surface area contributed by atoms with Crippen molar-refractivity contribution in [2.24, 2.45) is 0 Å². The minimum Gasteiger partial charge on any atom is -0.381 e. The number of hydrogen-bond donors (Lipinski definition) is 2. The smallest absolute Gasteiger partial charge is 0.0592 e. The first-order chi connectivity index (χ1) is 8.27. The van der Waals surface area contributed by atoms with E-state index in [0.717, 1.165) is 11.0 Å². The number of benzene rings is 1. The maximum atomic E-state index is 3.80. The van der Waals surface area contributed by atoms with Gasteiger partial charge in [-0.05, 0) is 31.0 Å². The lowest BCUT2D eigenvalue weighted by Gasteiger charge is -2.40. The van der Waals surface area contributed by atoms with Gasteiger partial charge < -0.3 is 10.6 Å². The van der Waals surface area contributed by atoms with Crippen molar-refractivity contribution in [3.63, 3.8) is 0 Å². The van der Waals surface area contributed by atoms with Gasteiger partial charge in [-0.2, -0.15) is 0 Å². The number of rotatable bonds is 0. The summed E-state index contributed by atoms with van der Waals surface area (Å²) in [5.41, 5.74) is 2.79. The van der Waals surface area contributed by atoms with Gasteiger partial charge in [0, 0.05) is 11.0 Å². The highest BCUT2D eigenvalue weighted by molar-refractivity contribution is 9.10. The van der Waals surface area contributed by atoms with Gasteiger partial charge in [-0.3, -0.25) is 0 Å². The molecule has 0 saturated heterocycles. The summed E-state index contributed by atoms with van der Waals surface area (Å²) in [6.45, 7) is 1.07. The predicted molar refractivity (Wildman–Crippen MR) is 76.7 cm³/mol. The standard InChI is InChI=1S/C14H19BrN2/c15-11-5-6-12-13(9-11)17-14(10-16-12)7-3-1-2-4-8-14/h5-6,9,16-17H,1-4,7-8,10H2.